The lowest BCUT2D eigenvalue weighted by Gasteiger charge is -2.12. The van der Waals surface area contributed by atoms with Crippen molar-refractivity contribution < 1.29 is 14.3 Å². The number of Topliss-reactive ketones (excluding diaryl/α,β-unsaturated/α-hetero) is 1. The third-order valence-corrected chi connectivity index (χ3v) is 3.41. The number of esters is 1. The standard InChI is InChI=1S/C13H15Cl2NO3/c1-19-13(18)8(7-16)5-6-11(17)12-9(14)3-2-4-10(12)15/h2-4,8H,5-7,16H2,1H3/t8-/m0/s1. The highest BCUT2D eigenvalue weighted by Crippen LogP contribution is 2.26. The Kier molecular flexibility index (Phi) is 6.28. The van der Waals surface area contributed by atoms with Gasteiger partial charge in [-0.1, -0.05) is 29.3 Å². The first-order chi connectivity index (χ1) is 9.01. The highest BCUT2D eigenvalue weighted by atomic mass is 35.5. The normalized spacial score (nSPS) is 12.0. The molecular weight excluding hydrogens is 289 g/mol. The van der Waals surface area contributed by atoms with E-state index in [1.54, 1.807) is 18.2 Å². The van der Waals surface area contributed by atoms with Gasteiger partial charge >= 0.3 is 5.97 Å². The smallest absolute Gasteiger partial charge is 0.309 e. The molecule has 0 spiro atoms. The number of halogens is 2. The maximum atomic E-state index is 12.1. The third-order valence-electron chi connectivity index (χ3n) is 2.78. The van der Waals surface area contributed by atoms with E-state index < -0.39 is 11.9 Å². The van der Waals surface area contributed by atoms with Gasteiger partial charge in [0.1, 0.15) is 0 Å². The van der Waals surface area contributed by atoms with Crippen molar-refractivity contribution in [3.05, 3.63) is 33.8 Å². The molecular formula is C13H15Cl2NO3. The van der Waals surface area contributed by atoms with E-state index in [1.807, 2.05) is 0 Å². The van der Waals surface area contributed by atoms with Crippen molar-refractivity contribution in [2.75, 3.05) is 13.7 Å². The van der Waals surface area contributed by atoms with Crippen LogP contribution in [0.2, 0.25) is 10.0 Å². The molecule has 1 aromatic rings. The molecule has 0 amide bonds. The molecule has 0 saturated heterocycles. The number of benzene rings is 1. The molecule has 0 saturated carbocycles. The zero-order valence-electron chi connectivity index (χ0n) is 10.5. The van der Waals surface area contributed by atoms with Gasteiger partial charge in [-0.15, -0.1) is 0 Å². The summed E-state index contributed by atoms with van der Waals surface area (Å²) in [5, 5.41) is 0.611. The molecule has 4 nitrogen and oxygen atoms in total. The van der Waals surface area contributed by atoms with Gasteiger partial charge in [0.2, 0.25) is 0 Å². The van der Waals surface area contributed by atoms with Gasteiger partial charge in [0.25, 0.3) is 0 Å². The molecule has 0 aromatic heterocycles. The molecule has 2 N–H and O–H groups in total. The van der Waals surface area contributed by atoms with Gasteiger partial charge < -0.3 is 10.5 Å². The van der Waals surface area contributed by atoms with Gasteiger partial charge in [-0.3, -0.25) is 9.59 Å². The largest absolute Gasteiger partial charge is 0.469 e. The molecule has 0 radical (unpaired) electrons. The number of nitrogens with two attached hydrogens (primary N) is 1. The van der Waals surface area contributed by atoms with Gasteiger partial charge in [0.05, 0.1) is 28.6 Å². The number of hydrogen-bond donors (Lipinski definition) is 1. The van der Waals surface area contributed by atoms with Crippen LogP contribution in [0.4, 0.5) is 0 Å². The minimum absolute atomic E-state index is 0.135. The van der Waals surface area contributed by atoms with Gasteiger partial charge in [-0.05, 0) is 18.6 Å². The van der Waals surface area contributed by atoms with E-state index >= 15 is 0 Å². The summed E-state index contributed by atoms with van der Waals surface area (Å²) in [7, 11) is 1.29. The summed E-state index contributed by atoms with van der Waals surface area (Å²) in [6.07, 6.45) is 0.448. The van der Waals surface area contributed by atoms with Gasteiger partial charge in [0.15, 0.2) is 5.78 Å². The Morgan fingerprint density at radius 2 is 1.89 bits per heavy atom. The maximum Gasteiger partial charge on any atom is 0.309 e. The van der Waals surface area contributed by atoms with Crippen molar-refractivity contribution in [2.24, 2.45) is 11.7 Å². The fraction of sp³-hybridized carbons (Fsp3) is 0.385. The van der Waals surface area contributed by atoms with Crippen LogP contribution in [0.25, 0.3) is 0 Å². The summed E-state index contributed by atoms with van der Waals surface area (Å²) < 4.78 is 4.61. The summed E-state index contributed by atoms with van der Waals surface area (Å²) >= 11 is 11.9. The number of hydrogen-bond acceptors (Lipinski definition) is 4. The van der Waals surface area contributed by atoms with Crippen LogP contribution in [0, 0.1) is 5.92 Å². The number of carbonyl (C=O) groups is 2. The third kappa shape index (κ3) is 4.20. The number of ether oxygens (including phenoxy) is 1. The molecule has 0 aliphatic carbocycles. The number of rotatable bonds is 6. The summed E-state index contributed by atoms with van der Waals surface area (Å²) in [4.78, 5) is 23.4. The Morgan fingerprint density at radius 3 is 2.37 bits per heavy atom. The van der Waals surface area contributed by atoms with Crippen LogP contribution in [0.1, 0.15) is 23.2 Å². The Balaban J connectivity index is 2.73. The predicted molar refractivity (Wildman–Crippen MR) is 74.6 cm³/mol. The molecule has 1 rings (SSSR count). The lowest BCUT2D eigenvalue weighted by Crippen LogP contribution is -2.25. The fourth-order valence-corrected chi connectivity index (χ4v) is 2.30. The Labute approximate surface area is 121 Å². The summed E-state index contributed by atoms with van der Waals surface area (Å²) in [5.41, 5.74) is 5.75. The minimum Gasteiger partial charge on any atom is -0.469 e. The summed E-state index contributed by atoms with van der Waals surface area (Å²) in [6, 6.07) is 4.86. The average Bonchev–Trinajstić information content (AvgIpc) is 2.38. The molecule has 1 aromatic carbocycles. The molecule has 104 valence electrons. The van der Waals surface area contributed by atoms with E-state index in [1.165, 1.54) is 7.11 Å². The summed E-state index contributed by atoms with van der Waals surface area (Å²) in [5.74, 6) is -1.12. The zero-order valence-corrected chi connectivity index (χ0v) is 12.0. The average molecular weight is 304 g/mol. The van der Waals surface area contributed by atoms with Crippen molar-refractivity contribution in [1.82, 2.24) is 0 Å². The van der Waals surface area contributed by atoms with Crippen molar-refractivity contribution >= 4 is 35.0 Å². The van der Waals surface area contributed by atoms with Crippen LogP contribution in [0.3, 0.4) is 0 Å². The minimum atomic E-state index is -0.491. The Hall–Kier alpha value is -1.10. The van der Waals surface area contributed by atoms with Crippen LogP contribution >= 0.6 is 23.2 Å². The first kappa shape index (κ1) is 16.0. The van der Waals surface area contributed by atoms with Crippen LogP contribution in [-0.2, 0) is 9.53 Å². The molecule has 0 fully saturated rings. The van der Waals surface area contributed by atoms with Crippen LogP contribution < -0.4 is 5.73 Å². The lowest BCUT2D eigenvalue weighted by molar-refractivity contribution is -0.145. The first-order valence-electron chi connectivity index (χ1n) is 5.76. The molecule has 1 atom stereocenters. The first-order valence-corrected chi connectivity index (χ1v) is 6.52. The van der Waals surface area contributed by atoms with Crippen molar-refractivity contribution in [2.45, 2.75) is 12.8 Å². The molecule has 0 unspecified atom stereocenters. The monoisotopic (exact) mass is 303 g/mol. The lowest BCUT2D eigenvalue weighted by atomic mass is 9.98. The van der Waals surface area contributed by atoms with Gasteiger partial charge in [-0.25, -0.2) is 0 Å². The molecule has 0 bridgehead atoms. The highest BCUT2D eigenvalue weighted by molar-refractivity contribution is 6.39. The topological polar surface area (TPSA) is 69.4 Å². The van der Waals surface area contributed by atoms with E-state index in [-0.39, 0.29) is 24.3 Å². The van der Waals surface area contributed by atoms with E-state index in [0.717, 1.165) is 0 Å². The van der Waals surface area contributed by atoms with Crippen LogP contribution in [0.15, 0.2) is 18.2 Å². The number of carbonyl (C=O) groups excluding carboxylic acids is 2. The van der Waals surface area contributed by atoms with Crippen LogP contribution in [-0.4, -0.2) is 25.4 Å². The van der Waals surface area contributed by atoms with Crippen molar-refractivity contribution in [3.8, 4) is 0 Å². The second kappa shape index (κ2) is 7.48. The number of ketones is 1. The Morgan fingerprint density at radius 1 is 1.32 bits per heavy atom. The van der Waals surface area contributed by atoms with Crippen molar-refractivity contribution in [1.29, 1.82) is 0 Å². The van der Waals surface area contributed by atoms with Gasteiger partial charge in [-0.2, -0.15) is 0 Å². The molecule has 6 heteroatoms. The quantitative estimate of drug-likeness (QED) is 0.648. The Bertz CT molecular complexity index is 457. The van der Waals surface area contributed by atoms with Gasteiger partial charge in [0, 0.05) is 13.0 Å². The van der Waals surface area contributed by atoms with Crippen LogP contribution in [0.5, 0.6) is 0 Å². The second-order valence-corrected chi connectivity index (χ2v) is 4.83. The van der Waals surface area contributed by atoms with E-state index in [2.05, 4.69) is 4.74 Å². The maximum absolute atomic E-state index is 12.1. The molecule has 0 aliphatic rings. The molecule has 0 aliphatic heterocycles. The second-order valence-electron chi connectivity index (χ2n) is 4.01. The predicted octanol–water partition coefficient (Wildman–Crippen LogP) is 2.70. The van der Waals surface area contributed by atoms with E-state index in [0.29, 0.717) is 16.5 Å². The number of methoxy groups -OCH3 is 1. The fourth-order valence-electron chi connectivity index (χ4n) is 1.69. The van der Waals surface area contributed by atoms with Crippen molar-refractivity contribution in [3.63, 3.8) is 0 Å². The highest BCUT2D eigenvalue weighted by Gasteiger charge is 2.21. The SMILES string of the molecule is COC(=O)[C@H](CN)CCC(=O)c1c(Cl)cccc1Cl. The molecule has 0 heterocycles. The van der Waals surface area contributed by atoms with E-state index in [9.17, 15) is 9.59 Å². The molecule has 19 heavy (non-hydrogen) atoms. The zero-order chi connectivity index (χ0) is 14.4. The van der Waals surface area contributed by atoms with E-state index in [4.69, 9.17) is 28.9 Å². The summed E-state index contributed by atoms with van der Waals surface area (Å²) in [6.45, 7) is 0.135.